The summed E-state index contributed by atoms with van der Waals surface area (Å²) in [5.41, 5.74) is 0. The van der Waals surface area contributed by atoms with E-state index in [9.17, 15) is 13.2 Å². The van der Waals surface area contributed by atoms with E-state index in [1.54, 1.807) is 30.3 Å². The summed E-state index contributed by atoms with van der Waals surface area (Å²) in [6, 6.07) is 8.37. The standard InChI is InChI=1S/C19H29N3O3S/c1-16-8-10-20(11-9-16)17(2)19(23)21-12-14-22(15-13-21)26(24,25)18-6-4-3-5-7-18/h3-7,16-17H,8-15H2,1-2H3/t17-/m1/s1. The SMILES string of the molecule is CC1CCN([C@H](C)C(=O)N2CCN(S(=O)(=O)c3ccccc3)CC2)CC1. The van der Waals surface area contributed by atoms with Gasteiger partial charge in [-0.2, -0.15) is 4.31 Å². The lowest BCUT2D eigenvalue weighted by molar-refractivity contribution is -0.138. The van der Waals surface area contributed by atoms with E-state index in [2.05, 4.69) is 11.8 Å². The summed E-state index contributed by atoms with van der Waals surface area (Å²) in [6.07, 6.45) is 2.28. The Morgan fingerprint density at radius 1 is 1.00 bits per heavy atom. The zero-order chi connectivity index (χ0) is 18.7. The van der Waals surface area contributed by atoms with Gasteiger partial charge in [0.05, 0.1) is 10.9 Å². The predicted molar refractivity (Wildman–Crippen MR) is 101 cm³/mol. The van der Waals surface area contributed by atoms with Crippen molar-refractivity contribution in [2.45, 2.75) is 37.6 Å². The van der Waals surface area contributed by atoms with Gasteiger partial charge in [-0.05, 0) is 50.9 Å². The van der Waals surface area contributed by atoms with E-state index in [0.717, 1.165) is 31.8 Å². The minimum absolute atomic E-state index is 0.122. The van der Waals surface area contributed by atoms with Crippen LogP contribution in [0, 0.1) is 5.92 Å². The van der Waals surface area contributed by atoms with Gasteiger partial charge >= 0.3 is 0 Å². The molecule has 0 radical (unpaired) electrons. The summed E-state index contributed by atoms with van der Waals surface area (Å²) in [6.45, 7) is 7.80. The van der Waals surface area contributed by atoms with Gasteiger partial charge in [0.25, 0.3) is 0 Å². The Kier molecular flexibility index (Phi) is 5.99. The van der Waals surface area contributed by atoms with Crippen LogP contribution >= 0.6 is 0 Å². The quantitative estimate of drug-likeness (QED) is 0.798. The fourth-order valence-corrected chi connectivity index (χ4v) is 5.17. The molecule has 2 heterocycles. The van der Waals surface area contributed by atoms with Gasteiger partial charge in [-0.25, -0.2) is 8.42 Å². The number of carbonyl (C=O) groups excluding carboxylic acids is 1. The molecule has 0 unspecified atom stereocenters. The molecule has 1 atom stereocenters. The summed E-state index contributed by atoms with van der Waals surface area (Å²) < 4.78 is 26.9. The Morgan fingerprint density at radius 2 is 1.58 bits per heavy atom. The Morgan fingerprint density at radius 3 is 2.15 bits per heavy atom. The first-order valence-corrected chi connectivity index (χ1v) is 10.9. The van der Waals surface area contributed by atoms with E-state index in [-0.39, 0.29) is 11.9 Å². The molecule has 2 aliphatic heterocycles. The third-order valence-electron chi connectivity index (χ3n) is 5.65. The van der Waals surface area contributed by atoms with Crippen LogP contribution < -0.4 is 0 Å². The Balaban J connectivity index is 1.57. The number of nitrogens with zero attached hydrogens (tertiary/aromatic N) is 3. The topological polar surface area (TPSA) is 60.9 Å². The molecule has 2 fully saturated rings. The Bertz CT molecular complexity index is 707. The van der Waals surface area contributed by atoms with Crippen LogP contribution in [-0.2, 0) is 14.8 Å². The van der Waals surface area contributed by atoms with Gasteiger partial charge in [-0.3, -0.25) is 9.69 Å². The number of hydrogen-bond donors (Lipinski definition) is 0. The van der Waals surface area contributed by atoms with Crippen LogP contribution in [0.25, 0.3) is 0 Å². The van der Waals surface area contributed by atoms with Gasteiger partial charge in [-0.1, -0.05) is 25.1 Å². The molecule has 0 aromatic heterocycles. The molecule has 0 saturated carbocycles. The molecular formula is C19H29N3O3S. The highest BCUT2D eigenvalue weighted by molar-refractivity contribution is 7.89. The molecule has 7 heteroatoms. The zero-order valence-electron chi connectivity index (χ0n) is 15.7. The first kappa shape index (κ1) is 19.3. The van der Waals surface area contributed by atoms with Gasteiger partial charge in [0.2, 0.25) is 15.9 Å². The molecule has 1 amide bonds. The molecule has 26 heavy (non-hydrogen) atoms. The molecule has 2 saturated heterocycles. The average Bonchev–Trinajstić information content (AvgIpc) is 2.68. The summed E-state index contributed by atoms with van der Waals surface area (Å²) in [7, 11) is -3.47. The number of amides is 1. The van der Waals surface area contributed by atoms with E-state index in [0.29, 0.717) is 31.1 Å². The van der Waals surface area contributed by atoms with Gasteiger partial charge in [0.15, 0.2) is 0 Å². The first-order chi connectivity index (χ1) is 12.4. The summed E-state index contributed by atoms with van der Waals surface area (Å²) in [4.78, 5) is 17.2. The van der Waals surface area contributed by atoms with Crippen molar-refractivity contribution in [3.8, 4) is 0 Å². The van der Waals surface area contributed by atoms with Gasteiger partial charge < -0.3 is 4.90 Å². The normalized spacial score (nSPS) is 22.3. The number of piperazine rings is 1. The van der Waals surface area contributed by atoms with Crippen molar-refractivity contribution in [1.82, 2.24) is 14.1 Å². The molecule has 1 aromatic rings. The molecule has 1 aromatic carbocycles. The first-order valence-electron chi connectivity index (χ1n) is 9.47. The number of likely N-dealkylation sites (tertiary alicyclic amines) is 1. The molecule has 0 aliphatic carbocycles. The molecule has 6 nitrogen and oxygen atoms in total. The number of carbonyl (C=O) groups is 1. The minimum atomic E-state index is -3.47. The maximum absolute atomic E-state index is 12.8. The van der Waals surface area contributed by atoms with Crippen LogP contribution in [0.1, 0.15) is 26.7 Å². The van der Waals surface area contributed by atoms with E-state index in [4.69, 9.17) is 0 Å². The summed E-state index contributed by atoms with van der Waals surface area (Å²) in [5, 5.41) is 0. The maximum atomic E-state index is 12.8. The maximum Gasteiger partial charge on any atom is 0.243 e. The van der Waals surface area contributed by atoms with E-state index in [1.807, 2.05) is 11.8 Å². The summed E-state index contributed by atoms with van der Waals surface area (Å²) >= 11 is 0. The summed E-state index contributed by atoms with van der Waals surface area (Å²) in [5.74, 6) is 0.858. The third kappa shape index (κ3) is 4.10. The second-order valence-corrected chi connectivity index (χ2v) is 9.37. The molecule has 0 spiro atoms. The van der Waals surface area contributed by atoms with Crippen LogP contribution in [0.2, 0.25) is 0 Å². The van der Waals surface area contributed by atoms with Crippen molar-refractivity contribution in [3.63, 3.8) is 0 Å². The van der Waals surface area contributed by atoms with E-state index >= 15 is 0 Å². The smallest absolute Gasteiger partial charge is 0.243 e. The van der Waals surface area contributed by atoms with E-state index in [1.165, 1.54) is 4.31 Å². The van der Waals surface area contributed by atoms with Crippen molar-refractivity contribution >= 4 is 15.9 Å². The number of rotatable bonds is 4. The molecule has 144 valence electrons. The monoisotopic (exact) mass is 379 g/mol. The Labute approximate surface area is 156 Å². The van der Waals surface area contributed by atoms with Gasteiger partial charge in [0.1, 0.15) is 0 Å². The number of sulfonamides is 1. The number of piperidine rings is 1. The lowest BCUT2D eigenvalue weighted by Crippen LogP contribution is -2.55. The zero-order valence-corrected chi connectivity index (χ0v) is 16.5. The van der Waals surface area contributed by atoms with Crippen LogP contribution in [0.3, 0.4) is 0 Å². The molecular weight excluding hydrogens is 350 g/mol. The average molecular weight is 380 g/mol. The molecule has 2 aliphatic rings. The predicted octanol–water partition coefficient (Wildman–Crippen LogP) is 1.64. The number of hydrogen-bond acceptors (Lipinski definition) is 4. The van der Waals surface area contributed by atoms with Crippen LogP contribution in [0.4, 0.5) is 0 Å². The highest BCUT2D eigenvalue weighted by Gasteiger charge is 2.33. The second kappa shape index (κ2) is 8.06. The molecule has 3 rings (SSSR count). The van der Waals surface area contributed by atoms with Gasteiger partial charge in [-0.15, -0.1) is 0 Å². The second-order valence-electron chi connectivity index (χ2n) is 7.44. The third-order valence-corrected chi connectivity index (χ3v) is 7.57. The van der Waals surface area contributed by atoms with Crippen LogP contribution in [-0.4, -0.2) is 73.7 Å². The van der Waals surface area contributed by atoms with Crippen molar-refractivity contribution in [1.29, 1.82) is 0 Å². The Hall–Kier alpha value is -1.44. The van der Waals surface area contributed by atoms with Crippen LogP contribution in [0.15, 0.2) is 35.2 Å². The van der Waals surface area contributed by atoms with Crippen molar-refractivity contribution < 1.29 is 13.2 Å². The van der Waals surface area contributed by atoms with E-state index < -0.39 is 10.0 Å². The molecule has 0 N–H and O–H groups in total. The highest BCUT2D eigenvalue weighted by atomic mass is 32.2. The largest absolute Gasteiger partial charge is 0.339 e. The van der Waals surface area contributed by atoms with Crippen molar-refractivity contribution in [2.75, 3.05) is 39.3 Å². The fraction of sp³-hybridized carbons (Fsp3) is 0.632. The van der Waals surface area contributed by atoms with Crippen LogP contribution in [0.5, 0.6) is 0 Å². The number of benzene rings is 1. The van der Waals surface area contributed by atoms with Gasteiger partial charge in [0, 0.05) is 26.2 Å². The lowest BCUT2D eigenvalue weighted by atomic mass is 9.98. The fourth-order valence-electron chi connectivity index (χ4n) is 3.73. The molecule has 0 bridgehead atoms. The minimum Gasteiger partial charge on any atom is -0.339 e. The van der Waals surface area contributed by atoms with Crippen molar-refractivity contribution in [2.24, 2.45) is 5.92 Å². The highest BCUT2D eigenvalue weighted by Crippen LogP contribution is 2.21. The van der Waals surface area contributed by atoms with Crippen molar-refractivity contribution in [3.05, 3.63) is 30.3 Å². The lowest BCUT2D eigenvalue weighted by Gasteiger charge is -2.39.